The summed E-state index contributed by atoms with van der Waals surface area (Å²) < 4.78 is 0. The quantitative estimate of drug-likeness (QED) is 0.135. The zero-order chi connectivity index (χ0) is 43.6. The first kappa shape index (κ1) is 47.1. The zero-order valence-corrected chi connectivity index (χ0v) is 45.6. The molecule has 20 atom stereocenters. The first-order valence-corrected chi connectivity index (χ1v) is 36.8. The van der Waals surface area contributed by atoms with Crippen molar-refractivity contribution in [2.75, 3.05) is 0 Å². The van der Waals surface area contributed by atoms with Gasteiger partial charge in [-0.05, 0) is 167 Å². The maximum absolute atomic E-state index is 2.99. The van der Waals surface area contributed by atoms with Crippen LogP contribution in [0.2, 0.25) is 48.4 Å². The Kier molecular flexibility index (Phi) is 14.7. The number of hydrogen-bond acceptors (Lipinski definition) is 0. The predicted molar refractivity (Wildman–Crippen MR) is 279 cm³/mol. The standard InChI is InChI=1S/C61H108Si2/c1-40-36-54-46(28-18-32-50(54)58(40)62(5,6)60-42(3)38-56-48(30-20-34-52(56)60)44-22-12-9-13-23-44)26-16-11-17-27-47-29-19-33-51-55(47)37-41(2)59(51)63(7,8)61-43(4)39-57-49(31-21-35-53(57)61)45-24-14-10-15-25-45/h40-61H,9-39H2,1-8H3. The number of hydrogen-bond donors (Lipinski definition) is 0. The molecule has 0 radical (unpaired) electrons. The summed E-state index contributed by atoms with van der Waals surface area (Å²) in [5.74, 6) is 19.4. The Balaban J connectivity index is 0.724. The molecule has 20 unspecified atom stereocenters. The van der Waals surface area contributed by atoms with Crippen LogP contribution in [0.5, 0.6) is 0 Å². The van der Waals surface area contributed by atoms with Gasteiger partial charge in [0.2, 0.25) is 0 Å². The Morgan fingerprint density at radius 2 is 0.587 bits per heavy atom. The van der Waals surface area contributed by atoms with E-state index in [1.807, 2.05) is 0 Å². The van der Waals surface area contributed by atoms with Gasteiger partial charge in [0.05, 0.1) is 16.1 Å². The molecular weight excluding hydrogens is 789 g/mol. The van der Waals surface area contributed by atoms with E-state index >= 15 is 0 Å². The number of fused-ring (bicyclic) bond motifs is 4. The van der Waals surface area contributed by atoms with Crippen molar-refractivity contribution in [1.82, 2.24) is 0 Å². The van der Waals surface area contributed by atoms with Crippen LogP contribution in [-0.2, 0) is 0 Å². The van der Waals surface area contributed by atoms with Crippen molar-refractivity contribution in [1.29, 1.82) is 0 Å². The van der Waals surface area contributed by atoms with Crippen LogP contribution in [-0.4, -0.2) is 16.1 Å². The lowest BCUT2D eigenvalue weighted by Crippen LogP contribution is -2.47. The fourth-order valence-corrected chi connectivity index (χ4v) is 37.6. The van der Waals surface area contributed by atoms with Gasteiger partial charge in [-0.2, -0.15) is 0 Å². The Morgan fingerprint density at radius 1 is 0.286 bits per heavy atom. The highest BCUT2D eigenvalue weighted by Crippen LogP contribution is 2.69. The summed E-state index contributed by atoms with van der Waals surface area (Å²) in [6.07, 6.45) is 49.0. The van der Waals surface area contributed by atoms with Crippen molar-refractivity contribution in [2.45, 2.75) is 275 Å². The molecule has 360 valence electrons. The van der Waals surface area contributed by atoms with Gasteiger partial charge in [0.1, 0.15) is 0 Å². The first-order chi connectivity index (χ1) is 30.4. The molecule has 0 heterocycles. The SMILES string of the molecule is CC1CC2C(CCCCCC3CCCC4C3CC(C)C4[Si](C)(C)C3C(C)CC4C(C5CCCCC5)CCCC43)CCCC2C1[Si](C)(C)C1C(C)CC2C(C3CCCCC3)CCCC21. The fraction of sp³-hybridized carbons (Fsp3) is 1.00. The van der Waals surface area contributed by atoms with Crippen molar-refractivity contribution in [3.05, 3.63) is 0 Å². The topological polar surface area (TPSA) is 0 Å². The highest BCUT2D eigenvalue weighted by Gasteiger charge is 2.62. The molecule has 10 saturated carbocycles. The van der Waals surface area contributed by atoms with E-state index in [2.05, 4.69) is 53.9 Å². The van der Waals surface area contributed by atoms with Crippen LogP contribution in [0.15, 0.2) is 0 Å². The lowest BCUT2D eigenvalue weighted by Gasteiger charge is -2.49. The molecule has 0 N–H and O–H groups in total. The highest BCUT2D eigenvalue weighted by molar-refractivity contribution is 6.81. The second kappa shape index (κ2) is 19.7. The summed E-state index contributed by atoms with van der Waals surface area (Å²) in [4.78, 5) is 0. The molecule has 0 aromatic carbocycles. The van der Waals surface area contributed by atoms with E-state index in [0.29, 0.717) is 0 Å². The monoisotopic (exact) mass is 897 g/mol. The van der Waals surface area contributed by atoms with Gasteiger partial charge < -0.3 is 0 Å². The van der Waals surface area contributed by atoms with Crippen LogP contribution in [0.25, 0.3) is 0 Å². The van der Waals surface area contributed by atoms with Crippen molar-refractivity contribution in [3.63, 3.8) is 0 Å². The summed E-state index contributed by atoms with van der Waals surface area (Å²) in [5.41, 5.74) is 4.49. The van der Waals surface area contributed by atoms with E-state index in [1.54, 1.807) is 186 Å². The average Bonchev–Trinajstić information content (AvgIpc) is 4.02. The van der Waals surface area contributed by atoms with Crippen LogP contribution in [0.3, 0.4) is 0 Å². The van der Waals surface area contributed by atoms with Gasteiger partial charge in [0.25, 0.3) is 0 Å². The van der Waals surface area contributed by atoms with E-state index in [9.17, 15) is 0 Å². The number of rotatable bonds is 12. The lowest BCUT2D eigenvalue weighted by molar-refractivity contribution is 0.0976. The summed E-state index contributed by atoms with van der Waals surface area (Å²) in [6, 6.07) is 0. The Hall–Kier alpha value is 0.434. The van der Waals surface area contributed by atoms with Gasteiger partial charge in [-0.25, -0.2) is 0 Å². The smallest absolute Gasteiger partial charge is 0.0546 e. The van der Waals surface area contributed by atoms with Gasteiger partial charge >= 0.3 is 0 Å². The Bertz CT molecular complexity index is 1360. The molecule has 0 nitrogen and oxygen atoms in total. The van der Waals surface area contributed by atoms with Crippen LogP contribution in [0.4, 0.5) is 0 Å². The largest absolute Gasteiger partial charge is 0.0689 e. The first-order valence-electron chi connectivity index (χ1n) is 30.4. The second-order valence-corrected chi connectivity index (χ2v) is 38.9. The molecule has 63 heavy (non-hydrogen) atoms. The van der Waals surface area contributed by atoms with Gasteiger partial charge in [-0.1, -0.05) is 214 Å². The average molecular weight is 898 g/mol. The molecule has 2 heteroatoms. The fourth-order valence-electron chi connectivity index (χ4n) is 24.3. The molecule has 0 aromatic heterocycles. The zero-order valence-electron chi connectivity index (χ0n) is 43.6. The van der Waals surface area contributed by atoms with E-state index < -0.39 is 16.1 Å². The van der Waals surface area contributed by atoms with Crippen molar-refractivity contribution < 1.29 is 0 Å². The third kappa shape index (κ3) is 8.86. The van der Waals surface area contributed by atoms with Crippen molar-refractivity contribution in [3.8, 4) is 0 Å². The summed E-state index contributed by atoms with van der Waals surface area (Å²) >= 11 is 0. The minimum absolute atomic E-state index is 1.01. The molecule has 0 aliphatic heterocycles. The molecule has 10 aliphatic carbocycles. The lowest BCUT2D eigenvalue weighted by atomic mass is 9.65. The Labute approximate surface area is 395 Å². The molecular formula is C61H108Si2. The third-order valence-corrected chi connectivity index (χ3v) is 36.2. The van der Waals surface area contributed by atoms with Gasteiger partial charge in [-0.3, -0.25) is 0 Å². The predicted octanol–water partition coefficient (Wildman–Crippen LogP) is 19.3. The maximum Gasteiger partial charge on any atom is 0.0546 e. The van der Waals surface area contributed by atoms with E-state index in [-0.39, 0.29) is 0 Å². The van der Waals surface area contributed by atoms with Crippen LogP contribution in [0, 0.1) is 107 Å². The van der Waals surface area contributed by atoms with Crippen LogP contribution >= 0.6 is 0 Å². The van der Waals surface area contributed by atoms with E-state index in [0.717, 1.165) is 129 Å². The second-order valence-electron chi connectivity index (χ2n) is 28.9. The summed E-state index contributed by atoms with van der Waals surface area (Å²) in [7, 11) is -2.82. The number of unbranched alkanes of at least 4 members (excludes halogenated alkanes) is 2. The molecule has 0 amide bonds. The summed E-state index contributed by atoms with van der Waals surface area (Å²) in [5, 5.41) is 0. The third-order valence-electron chi connectivity index (χ3n) is 25.4. The maximum atomic E-state index is 2.99. The van der Waals surface area contributed by atoms with Gasteiger partial charge in [0.15, 0.2) is 0 Å². The molecule has 10 aliphatic rings. The normalized spacial score (nSPS) is 48.8. The van der Waals surface area contributed by atoms with Crippen molar-refractivity contribution >= 4 is 16.1 Å². The van der Waals surface area contributed by atoms with Gasteiger partial charge in [-0.15, -0.1) is 0 Å². The molecule has 0 spiro atoms. The molecule has 10 rings (SSSR count). The molecule has 0 saturated heterocycles. The van der Waals surface area contributed by atoms with E-state index in [1.165, 1.54) is 12.8 Å². The Morgan fingerprint density at radius 3 is 0.952 bits per heavy atom. The minimum Gasteiger partial charge on any atom is -0.0689 e. The van der Waals surface area contributed by atoms with E-state index in [4.69, 9.17) is 0 Å². The van der Waals surface area contributed by atoms with Crippen LogP contribution in [0.1, 0.15) is 227 Å². The summed E-state index contributed by atoms with van der Waals surface area (Å²) in [6.45, 7) is 23.1. The van der Waals surface area contributed by atoms with Crippen LogP contribution < -0.4 is 0 Å². The minimum atomic E-state index is -1.41. The molecule has 0 aromatic rings. The highest BCUT2D eigenvalue weighted by atomic mass is 28.3. The van der Waals surface area contributed by atoms with Crippen molar-refractivity contribution in [2.24, 2.45) is 107 Å². The van der Waals surface area contributed by atoms with Gasteiger partial charge in [0, 0.05) is 0 Å². The molecule has 0 bridgehead atoms. The molecule has 10 fully saturated rings.